The molecule has 0 bridgehead atoms. The van der Waals surface area contributed by atoms with Crippen LogP contribution in [0.15, 0.2) is 0 Å². The number of rotatable bonds is 7. The number of carbonyl (C=O) groups is 1. The Morgan fingerprint density at radius 1 is 1.55 bits per heavy atom. The molecular weight excluding hydrogens is 276 g/mol. The minimum Gasteiger partial charge on any atom is -0.385 e. The molecule has 0 radical (unpaired) electrons. The van der Waals surface area contributed by atoms with E-state index in [9.17, 15) is 4.79 Å². The Hall–Kier alpha value is -1.34. The first-order valence-corrected chi connectivity index (χ1v) is 7.50. The number of amides is 1. The van der Waals surface area contributed by atoms with E-state index in [0.29, 0.717) is 17.2 Å². The Morgan fingerprint density at radius 3 is 2.75 bits per heavy atom. The van der Waals surface area contributed by atoms with Crippen LogP contribution in [0.3, 0.4) is 0 Å². The number of nitrogen functional groups attached to an aromatic ring is 1. The minimum atomic E-state index is -0.128. The fourth-order valence-corrected chi connectivity index (χ4v) is 2.86. The summed E-state index contributed by atoms with van der Waals surface area (Å²) < 4.78 is 5.11. The van der Waals surface area contributed by atoms with Crippen molar-refractivity contribution in [2.75, 3.05) is 45.0 Å². The standard InChI is InChI=1S/C13H22N4O2S/c1-17(2)12-16-10(14)9(20-12)11(18)15-8-13(4-5-13)6-7-19-3/h4-8,14H2,1-3H3,(H,15,18). The maximum Gasteiger partial charge on any atom is 0.265 e. The van der Waals surface area contributed by atoms with Gasteiger partial charge in [0.1, 0.15) is 10.7 Å². The van der Waals surface area contributed by atoms with E-state index in [-0.39, 0.29) is 11.3 Å². The average molecular weight is 298 g/mol. The number of ether oxygens (including phenoxy) is 1. The normalized spacial score (nSPS) is 15.9. The van der Waals surface area contributed by atoms with Gasteiger partial charge in [0.05, 0.1) is 0 Å². The molecule has 1 aromatic heterocycles. The van der Waals surface area contributed by atoms with Gasteiger partial charge >= 0.3 is 0 Å². The largest absolute Gasteiger partial charge is 0.385 e. The van der Waals surface area contributed by atoms with Gasteiger partial charge in [0.15, 0.2) is 5.13 Å². The fourth-order valence-electron chi connectivity index (χ4n) is 2.03. The summed E-state index contributed by atoms with van der Waals surface area (Å²) in [7, 11) is 5.46. The van der Waals surface area contributed by atoms with Crippen LogP contribution in [0.1, 0.15) is 28.9 Å². The highest BCUT2D eigenvalue weighted by molar-refractivity contribution is 7.18. The number of hydrogen-bond acceptors (Lipinski definition) is 6. The van der Waals surface area contributed by atoms with Crippen molar-refractivity contribution >= 4 is 28.2 Å². The number of anilines is 2. The lowest BCUT2D eigenvalue weighted by atomic mass is 10.0. The monoisotopic (exact) mass is 298 g/mol. The second kappa shape index (κ2) is 5.97. The minimum absolute atomic E-state index is 0.128. The molecule has 1 saturated carbocycles. The second-order valence-corrected chi connectivity index (χ2v) is 6.51. The number of nitrogens with two attached hydrogens (primary N) is 1. The number of thiazole rings is 1. The molecule has 0 aromatic carbocycles. The summed E-state index contributed by atoms with van der Waals surface area (Å²) in [5.74, 6) is 0.176. The van der Waals surface area contributed by atoms with Crippen molar-refractivity contribution in [3.8, 4) is 0 Å². The lowest BCUT2D eigenvalue weighted by Crippen LogP contribution is -2.30. The summed E-state index contributed by atoms with van der Waals surface area (Å²) in [5.41, 5.74) is 6.04. The van der Waals surface area contributed by atoms with Gasteiger partial charge < -0.3 is 20.7 Å². The SMILES string of the molecule is COCCC1(CNC(=O)c2sc(N(C)C)nc2N)CC1. The maximum absolute atomic E-state index is 12.2. The number of nitrogens with one attached hydrogen (secondary N) is 1. The smallest absolute Gasteiger partial charge is 0.265 e. The molecule has 3 N–H and O–H groups in total. The van der Waals surface area contributed by atoms with Gasteiger partial charge in [-0.15, -0.1) is 0 Å². The van der Waals surface area contributed by atoms with Gasteiger partial charge in [-0.05, 0) is 24.7 Å². The van der Waals surface area contributed by atoms with Gasteiger partial charge in [-0.25, -0.2) is 4.98 Å². The van der Waals surface area contributed by atoms with E-state index in [0.717, 1.165) is 31.0 Å². The van der Waals surface area contributed by atoms with Gasteiger partial charge in [0.2, 0.25) is 0 Å². The Labute approximate surface area is 123 Å². The summed E-state index contributed by atoms with van der Waals surface area (Å²) in [4.78, 5) is 18.7. The summed E-state index contributed by atoms with van der Waals surface area (Å²) in [6.07, 6.45) is 3.29. The summed E-state index contributed by atoms with van der Waals surface area (Å²) >= 11 is 1.32. The van der Waals surface area contributed by atoms with Crippen LogP contribution in [0.25, 0.3) is 0 Å². The highest BCUT2D eigenvalue weighted by Gasteiger charge is 2.42. The Balaban J connectivity index is 1.92. The van der Waals surface area contributed by atoms with E-state index in [1.54, 1.807) is 7.11 Å². The quantitative estimate of drug-likeness (QED) is 0.794. The molecule has 20 heavy (non-hydrogen) atoms. The molecule has 6 nitrogen and oxygen atoms in total. The molecule has 1 aromatic rings. The van der Waals surface area contributed by atoms with Crippen LogP contribution in [-0.4, -0.2) is 45.2 Å². The first-order chi connectivity index (χ1) is 9.47. The van der Waals surface area contributed by atoms with E-state index in [2.05, 4.69) is 10.3 Å². The van der Waals surface area contributed by atoms with Crippen molar-refractivity contribution in [2.24, 2.45) is 5.41 Å². The third-order valence-electron chi connectivity index (χ3n) is 3.65. The first-order valence-electron chi connectivity index (χ1n) is 6.68. The molecule has 1 amide bonds. The third kappa shape index (κ3) is 3.40. The zero-order chi connectivity index (χ0) is 14.8. The van der Waals surface area contributed by atoms with E-state index in [1.807, 2.05) is 19.0 Å². The zero-order valence-electron chi connectivity index (χ0n) is 12.2. The molecule has 0 unspecified atom stereocenters. The molecule has 7 heteroatoms. The third-order valence-corrected chi connectivity index (χ3v) is 4.89. The van der Waals surface area contributed by atoms with Crippen molar-refractivity contribution < 1.29 is 9.53 Å². The Morgan fingerprint density at radius 2 is 2.25 bits per heavy atom. The van der Waals surface area contributed by atoms with E-state index >= 15 is 0 Å². The van der Waals surface area contributed by atoms with Crippen molar-refractivity contribution in [1.82, 2.24) is 10.3 Å². The maximum atomic E-state index is 12.2. The van der Waals surface area contributed by atoms with Gasteiger partial charge in [0.25, 0.3) is 5.91 Å². The zero-order valence-corrected chi connectivity index (χ0v) is 13.0. The molecular formula is C13H22N4O2S. The van der Waals surface area contributed by atoms with Crippen LogP contribution in [0.4, 0.5) is 10.9 Å². The van der Waals surface area contributed by atoms with E-state index in [1.165, 1.54) is 11.3 Å². The van der Waals surface area contributed by atoms with Crippen LogP contribution < -0.4 is 16.0 Å². The van der Waals surface area contributed by atoms with E-state index < -0.39 is 0 Å². The fraction of sp³-hybridized carbons (Fsp3) is 0.692. The number of methoxy groups -OCH3 is 1. The van der Waals surface area contributed by atoms with Gasteiger partial charge in [-0.2, -0.15) is 0 Å². The lowest BCUT2D eigenvalue weighted by molar-refractivity contribution is 0.0942. The molecule has 0 aliphatic heterocycles. The van der Waals surface area contributed by atoms with Gasteiger partial charge in [-0.3, -0.25) is 4.79 Å². The highest BCUT2D eigenvalue weighted by atomic mass is 32.1. The topological polar surface area (TPSA) is 80.5 Å². The first kappa shape index (κ1) is 15.1. The van der Waals surface area contributed by atoms with Crippen LogP contribution >= 0.6 is 11.3 Å². The van der Waals surface area contributed by atoms with Crippen LogP contribution in [0.5, 0.6) is 0 Å². The summed E-state index contributed by atoms with van der Waals surface area (Å²) in [5, 5.41) is 3.72. The molecule has 1 aliphatic rings. The Kier molecular flexibility index (Phi) is 4.49. The highest BCUT2D eigenvalue weighted by Crippen LogP contribution is 2.48. The molecule has 112 valence electrons. The number of nitrogens with zero attached hydrogens (tertiary/aromatic N) is 2. The van der Waals surface area contributed by atoms with Crippen LogP contribution in [0.2, 0.25) is 0 Å². The molecule has 2 rings (SSSR count). The molecule has 1 fully saturated rings. The van der Waals surface area contributed by atoms with Crippen LogP contribution in [0, 0.1) is 5.41 Å². The predicted molar refractivity (Wildman–Crippen MR) is 81.3 cm³/mol. The predicted octanol–water partition coefficient (Wildman–Crippen LogP) is 1.34. The number of aromatic nitrogens is 1. The summed E-state index contributed by atoms with van der Waals surface area (Å²) in [6, 6.07) is 0. The lowest BCUT2D eigenvalue weighted by Gasteiger charge is -2.15. The number of hydrogen-bond donors (Lipinski definition) is 2. The molecule has 0 atom stereocenters. The molecule has 0 saturated heterocycles. The van der Waals surface area contributed by atoms with Crippen molar-refractivity contribution in [1.29, 1.82) is 0 Å². The number of carbonyl (C=O) groups excluding carboxylic acids is 1. The van der Waals surface area contributed by atoms with Gasteiger partial charge in [-0.1, -0.05) is 11.3 Å². The van der Waals surface area contributed by atoms with Crippen molar-refractivity contribution in [2.45, 2.75) is 19.3 Å². The Bertz CT molecular complexity index is 483. The molecule has 1 heterocycles. The van der Waals surface area contributed by atoms with Gasteiger partial charge in [0, 0.05) is 34.4 Å². The van der Waals surface area contributed by atoms with Crippen LogP contribution in [-0.2, 0) is 4.74 Å². The molecule has 1 aliphatic carbocycles. The van der Waals surface area contributed by atoms with E-state index in [4.69, 9.17) is 10.5 Å². The van der Waals surface area contributed by atoms with Crippen molar-refractivity contribution in [3.05, 3.63) is 4.88 Å². The van der Waals surface area contributed by atoms with Crippen molar-refractivity contribution in [3.63, 3.8) is 0 Å². The average Bonchev–Trinajstić information content (AvgIpc) is 3.08. The summed E-state index contributed by atoms with van der Waals surface area (Å²) in [6.45, 7) is 1.42. The second-order valence-electron chi connectivity index (χ2n) is 5.53. The molecule has 0 spiro atoms.